The summed E-state index contributed by atoms with van der Waals surface area (Å²) in [6, 6.07) is 8.29. The predicted octanol–water partition coefficient (Wildman–Crippen LogP) is 2.65. The van der Waals surface area contributed by atoms with Crippen molar-refractivity contribution in [3.63, 3.8) is 0 Å². The fourth-order valence-electron chi connectivity index (χ4n) is 2.40. The lowest BCUT2D eigenvalue weighted by molar-refractivity contribution is 0.207. The normalized spacial score (nSPS) is 16.5. The van der Waals surface area contributed by atoms with Gasteiger partial charge in [0.2, 0.25) is 0 Å². The molecule has 0 aliphatic heterocycles. The van der Waals surface area contributed by atoms with E-state index in [0.29, 0.717) is 0 Å². The van der Waals surface area contributed by atoms with Crippen LogP contribution in [0.2, 0.25) is 0 Å². The van der Waals surface area contributed by atoms with Gasteiger partial charge in [-0.2, -0.15) is 0 Å². The molecule has 1 atom stereocenters. The molecule has 0 amide bonds. The number of aliphatic hydroxyl groups excluding tert-OH is 1. The molecule has 1 N–H and O–H groups in total. The van der Waals surface area contributed by atoms with Gasteiger partial charge in [0.15, 0.2) is 0 Å². The zero-order valence-electron chi connectivity index (χ0n) is 11.2. The van der Waals surface area contributed by atoms with Gasteiger partial charge in [-0.15, -0.1) is 5.10 Å². The molecule has 1 unspecified atom stereocenters. The molecule has 1 fully saturated rings. The van der Waals surface area contributed by atoms with Crippen molar-refractivity contribution >= 4 is 0 Å². The summed E-state index contributed by atoms with van der Waals surface area (Å²) < 4.78 is 1.78. The van der Waals surface area contributed by atoms with Crippen LogP contribution in [0.5, 0.6) is 0 Å². The Morgan fingerprint density at radius 1 is 1.32 bits per heavy atom. The van der Waals surface area contributed by atoms with Crippen molar-refractivity contribution in [2.75, 3.05) is 0 Å². The van der Waals surface area contributed by atoms with Gasteiger partial charge in [-0.05, 0) is 36.3 Å². The van der Waals surface area contributed by atoms with Gasteiger partial charge in [0.25, 0.3) is 0 Å². The molecule has 4 nitrogen and oxygen atoms in total. The average Bonchev–Trinajstić information content (AvgIpc) is 3.19. The van der Waals surface area contributed by atoms with Crippen LogP contribution in [-0.2, 0) is 6.54 Å². The second-order valence-corrected chi connectivity index (χ2v) is 5.23. The van der Waals surface area contributed by atoms with E-state index in [2.05, 4.69) is 29.4 Å². The van der Waals surface area contributed by atoms with Crippen molar-refractivity contribution in [2.45, 2.75) is 44.8 Å². The van der Waals surface area contributed by atoms with Crippen LogP contribution < -0.4 is 0 Å². The minimum absolute atomic E-state index is 0.644. The molecule has 1 saturated carbocycles. The summed E-state index contributed by atoms with van der Waals surface area (Å²) in [6.45, 7) is 2.87. The molecular weight excluding hydrogens is 238 g/mol. The van der Waals surface area contributed by atoms with Crippen LogP contribution in [-0.4, -0.2) is 20.1 Å². The molecule has 3 rings (SSSR count). The molecule has 2 aromatic rings. The van der Waals surface area contributed by atoms with Gasteiger partial charge in [-0.1, -0.05) is 36.4 Å². The van der Waals surface area contributed by atoms with Crippen molar-refractivity contribution in [1.82, 2.24) is 15.0 Å². The standard InChI is InChI=1S/C15H19N3O/c1-2-9-18-14(10-16-17-18)15(19)13-7-5-12(6-8-13)11-3-4-11/h5-8,10-11,15,19H,2-4,9H2,1H3. The van der Waals surface area contributed by atoms with Gasteiger partial charge in [0.05, 0.1) is 11.9 Å². The van der Waals surface area contributed by atoms with Crippen LogP contribution in [0.4, 0.5) is 0 Å². The molecule has 0 spiro atoms. The highest BCUT2D eigenvalue weighted by molar-refractivity contribution is 5.31. The first-order valence-corrected chi connectivity index (χ1v) is 6.96. The smallest absolute Gasteiger partial charge is 0.122 e. The van der Waals surface area contributed by atoms with Crippen molar-refractivity contribution in [2.24, 2.45) is 0 Å². The van der Waals surface area contributed by atoms with Crippen LogP contribution >= 0.6 is 0 Å². The predicted molar refractivity (Wildman–Crippen MR) is 72.8 cm³/mol. The Labute approximate surface area is 113 Å². The average molecular weight is 257 g/mol. The van der Waals surface area contributed by atoms with Crippen LogP contribution in [0.15, 0.2) is 30.5 Å². The molecule has 1 aromatic heterocycles. The van der Waals surface area contributed by atoms with Crippen LogP contribution in [0.25, 0.3) is 0 Å². The molecule has 0 bridgehead atoms. The van der Waals surface area contributed by atoms with Crippen molar-refractivity contribution in [1.29, 1.82) is 0 Å². The van der Waals surface area contributed by atoms with Gasteiger partial charge in [-0.25, -0.2) is 4.68 Å². The molecule has 0 radical (unpaired) electrons. The Morgan fingerprint density at radius 3 is 2.68 bits per heavy atom. The number of aromatic nitrogens is 3. The summed E-state index contributed by atoms with van der Waals surface area (Å²) in [7, 11) is 0. The van der Waals surface area contributed by atoms with Crippen molar-refractivity contribution < 1.29 is 5.11 Å². The maximum Gasteiger partial charge on any atom is 0.122 e. The monoisotopic (exact) mass is 257 g/mol. The number of aliphatic hydroxyl groups is 1. The third kappa shape index (κ3) is 2.54. The molecule has 1 heterocycles. The quantitative estimate of drug-likeness (QED) is 0.896. The third-order valence-corrected chi connectivity index (χ3v) is 3.66. The molecule has 100 valence electrons. The zero-order chi connectivity index (χ0) is 13.2. The molecule has 1 aliphatic rings. The first-order chi connectivity index (χ1) is 9.29. The van der Waals surface area contributed by atoms with E-state index in [1.165, 1.54) is 18.4 Å². The van der Waals surface area contributed by atoms with Crippen molar-refractivity contribution in [3.05, 3.63) is 47.3 Å². The Hall–Kier alpha value is -1.68. The van der Waals surface area contributed by atoms with E-state index in [9.17, 15) is 5.11 Å². The molecule has 1 aromatic carbocycles. The van der Waals surface area contributed by atoms with E-state index < -0.39 is 6.10 Å². The number of aryl methyl sites for hydroxylation is 1. The molecule has 19 heavy (non-hydrogen) atoms. The number of nitrogens with zero attached hydrogens (tertiary/aromatic N) is 3. The summed E-state index contributed by atoms with van der Waals surface area (Å²) in [4.78, 5) is 0. The van der Waals surface area contributed by atoms with E-state index >= 15 is 0 Å². The fraction of sp³-hybridized carbons (Fsp3) is 0.467. The van der Waals surface area contributed by atoms with Crippen LogP contribution in [0, 0.1) is 0 Å². The second-order valence-electron chi connectivity index (χ2n) is 5.23. The Kier molecular flexibility index (Phi) is 3.34. The van der Waals surface area contributed by atoms with E-state index in [1.54, 1.807) is 10.9 Å². The summed E-state index contributed by atoms with van der Waals surface area (Å²) in [6.07, 6.45) is 4.58. The third-order valence-electron chi connectivity index (χ3n) is 3.66. The summed E-state index contributed by atoms with van der Waals surface area (Å²) >= 11 is 0. The first kappa shape index (κ1) is 12.4. The summed E-state index contributed by atoms with van der Waals surface area (Å²) in [5.74, 6) is 0.749. The van der Waals surface area contributed by atoms with Crippen LogP contribution in [0.3, 0.4) is 0 Å². The highest BCUT2D eigenvalue weighted by atomic mass is 16.3. The van der Waals surface area contributed by atoms with Gasteiger partial charge in [0.1, 0.15) is 6.10 Å². The topological polar surface area (TPSA) is 50.9 Å². The SMILES string of the molecule is CCCn1nncc1C(O)c1ccc(C2CC2)cc1. The van der Waals surface area contributed by atoms with E-state index in [0.717, 1.165) is 30.1 Å². The number of benzene rings is 1. The lowest BCUT2D eigenvalue weighted by Crippen LogP contribution is -2.10. The Balaban J connectivity index is 1.81. The molecule has 4 heteroatoms. The van der Waals surface area contributed by atoms with Gasteiger partial charge < -0.3 is 5.11 Å². The van der Waals surface area contributed by atoms with Gasteiger partial charge in [-0.3, -0.25) is 0 Å². The summed E-state index contributed by atoms with van der Waals surface area (Å²) in [5.41, 5.74) is 3.06. The maximum atomic E-state index is 10.4. The second kappa shape index (κ2) is 5.13. The maximum absolute atomic E-state index is 10.4. The van der Waals surface area contributed by atoms with Gasteiger partial charge in [0, 0.05) is 6.54 Å². The minimum atomic E-state index is -0.644. The molecular formula is C15H19N3O. The fourth-order valence-corrected chi connectivity index (χ4v) is 2.40. The zero-order valence-corrected chi connectivity index (χ0v) is 11.2. The van der Waals surface area contributed by atoms with E-state index in [4.69, 9.17) is 0 Å². The number of hydrogen-bond acceptors (Lipinski definition) is 3. The highest BCUT2D eigenvalue weighted by Gasteiger charge is 2.23. The van der Waals surface area contributed by atoms with Gasteiger partial charge >= 0.3 is 0 Å². The first-order valence-electron chi connectivity index (χ1n) is 6.96. The van der Waals surface area contributed by atoms with Crippen molar-refractivity contribution in [3.8, 4) is 0 Å². The lowest BCUT2D eigenvalue weighted by atomic mass is 10.0. The number of rotatable bonds is 5. The number of hydrogen-bond donors (Lipinski definition) is 1. The van der Waals surface area contributed by atoms with E-state index in [-0.39, 0.29) is 0 Å². The van der Waals surface area contributed by atoms with E-state index in [1.807, 2.05) is 12.1 Å². The molecule has 1 aliphatic carbocycles. The lowest BCUT2D eigenvalue weighted by Gasteiger charge is -2.12. The highest BCUT2D eigenvalue weighted by Crippen LogP contribution is 2.40. The Morgan fingerprint density at radius 2 is 2.05 bits per heavy atom. The summed E-state index contributed by atoms with van der Waals surface area (Å²) in [5, 5.41) is 18.3. The minimum Gasteiger partial charge on any atom is -0.382 e. The van der Waals surface area contributed by atoms with Crippen LogP contribution in [0.1, 0.15) is 55.0 Å². The Bertz CT molecular complexity index is 543. The molecule has 0 saturated heterocycles. The largest absolute Gasteiger partial charge is 0.382 e.